The van der Waals surface area contributed by atoms with Gasteiger partial charge in [0.05, 0.1) is 6.54 Å². The molecule has 1 heterocycles. The van der Waals surface area contributed by atoms with Crippen molar-refractivity contribution in [3.63, 3.8) is 0 Å². The lowest BCUT2D eigenvalue weighted by atomic mass is 10.1. The third-order valence-electron chi connectivity index (χ3n) is 2.91. The van der Waals surface area contributed by atoms with E-state index in [-0.39, 0.29) is 12.6 Å². The van der Waals surface area contributed by atoms with Crippen molar-refractivity contribution in [2.24, 2.45) is 5.92 Å². The number of rotatable bonds is 4. The lowest BCUT2D eigenvalue weighted by molar-refractivity contribution is -0.138. The first-order chi connectivity index (χ1) is 8.67. The van der Waals surface area contributed by atoms with Crippen LogP contribution >= 0.6 is 0 Å². The summed E-state index contributed by atoms with van der Waals surface area (Å²) in [5, 5.41) is 8.70. The summed E-state index contributed by atoms with van der Waals surface area (Å²) in [6, 6.07) is 0. The first-order valence-corrected chi connectivity index (χ1v) is 6.55. The lowest BCUT2D eigenvalue weighted by Gasteiger charge is -2.25. The van der Waals surface area contributed by atoms with Crippen LogP contribution in [0, 0.1) is 5.92 Å². The molecular formula is C13H24N2O4. The number of likely N-dealkylation sites (tertiary alicyclic amines) is 1. The Kier molecular flexibility index (Phi) is 5.17. The maximum atomic E-state index is 11.9. The molecule has 0 spiro atoms. The molecule has 1 fully saturated rings. The van der Waals surface area contributed by atoms with Gasteiger partial charge in [-0.15, -0.1) is 0 Å². The van der Waals surface area contributed by atoms with E-state index in [9.17, 15) is 9.59 Å². The van der Waals surface area contributed by atoms with E-state index in [0.29, 0.717) is 25.6 Å². The zero-order valence-corrected chi connectivity index (χ0v) is 12.2. The molecule has 0 aliphatic carbocycles. The fraction of sp³-hybridized carbons (Fsp3) is 0.846. The molecule has 0 unspecified atom stereocenters. The minimum Gasteiger partial charge on any atom is -0.480 e. The molecule has 6 heteroatoms. The Morgan fingerprint density at radius 3 is 2.58 bits per heavy atom. The van der Waals surface area contributed by atoms with Gasteiger partial charge >= 0.3 is 12.1 Å². The van der Waals surface area contributed by atoms with Gasteiger partial charge in [0.1, 0.15) is 5.60 Å². The summed E-state index contributed by atoms with van der Waals surface area (Å²) in [6.45, 7) is 7.57. The standard InChI is InChI=1S/C13H24N2O4/c1-13(2,3)19-12(18)15-6-5-10(8-15)7-14(4)9-11(16)17/h10H,5-9H2,1-4H3,(H,16,17)/t10-/m1/s1. The Balaban J connectivity index is 2.37. The summed E-state index contributed by atoms with van der Waals surface area (Å²) in [4.78, 5) is 25.9. The second kappa shape index (κ2) is 6.23. The van der Waals surface area contributed by atoms with Gasteiger partial charge in [0.15, 0.2) is 0 Å². The molecule has 1 aliphatic heterocycles. The van der Waals surface area contributed by atoms with Crippen LogP contribution in [0.2, 0.25) is 0 Å². The smallest absolute Gasteiger partial charge is 0.410 e. The van der Waals surface area contributed by atoms with Crippen LogP contribution in [-0.2, 0) is 9.53 Å². The number of amides is 1. The number of carbonyl (C=O) groups is 2. The maximum Gasteiger partial charge on any atom is 0.410 e. The van der Waals surface area contributed by atoms with Gasteiger partial charge in [-0.1, -0.05) is 0 Å². The quantitative estimate of drug-likeness (QED) is 0.834. The SMILES string of the molecule is CN(CC(=O)O)C[C@H]1CCN(C(=O)OC(C)(C)C)C1. The molecule has 1 aliphatic rings. The largest absolute Gasteiger partial charge is 0.480 e. The molecule has 1 atom stereocenters. The molecule has 1 saturated heterocycles. The van der Waals surface area contributed by atoms with Crippen molar-refractivity contribution in [1.29, 1.82) is 0 Å². The van der Waals surface area contributed by atoms with E-state index < -0.39 is 11.6 Å². The molecule has 1 rings (SSSR count). The van der Waals surface area contributed by atoms with Crippen molar-refractivity contribution in [2.75, 3.05) is 33.2 Å². The van der Waals surface area contributed by atoms with E-state index >= 15 is 0 Å². The zero-order chi connectivity index (χ0) is 14.6. The molecular weight excluding hydrogens is 248 g/mol. The second-order valence-electron chi connectivity index (χ2n) is 6.17. The Morgan fingerprint density at radius 2 is 2.05 bits per heavy atom. The molecule has 0 radical (unpaired) electrons. The van der Waals surface area contributed by atoms with Gasteiger partial charge in [-0.3, -0.25) is 9.69 Å². The van der Waals surface area contributed by atoms with Crippen molar-refractivity contribution < 1.29 is 19.4 Å². The van der Waals surface area contributed by atoms with Crippen LogP contribution in [0.25, 0.3) is 0 Å². The average molecular weight is 272 g/mol. The topological polar surface area (TPSA) is 70.1 Å². The molecule has 19 heavy (non-hydrogen) atoms. The van der Waals surface area contributed by atoms with Gasteiger partial charge in [-0.05, 0) is 40.2 Å². The van der Waals surface area contributed by atoms with Gasteiger partial charge in [-0.25, -0.2) is 4.79 Å². The number of aliphatic carboxylic acids is 1. The average Bonchev–Trinajstić information content (AvgIpc) is 2.61. The van der Waals surface area contributed by atoms with E-state index in [1.807, 2.05) is 20.8 Å². The Labute approximate surface area is 114 Å². The fourth-order valence-electron chi connectivity index (χ4n) is 2.21. The number of hydrogen-bond acceptors (Lipinski definition) is 4. The Morgan fingerprint density at radius 1 is 1.42 bits per heavy atom. The van der Waals surface area contributed by atoms with Crippen LogP contribution in [0.1, 0.15) is 27.2 Å². The van der Waals surface area contributed by atoms with Crippen LogP contribution in [0.15, 0.2) is 0 Å². The Bertz CT molecular complexity index is 338. The second-order valence-corrected chi connectivity index (χ2v) is 6.17. The highest BCUT2D eigenvalue weighted by atomic mass is 16.6. The van der Waals surface area contributed by atoms with Crippen LogP contribution in [-0.4, -0.2) is 65.8 Å². The summed E-state index contributed by atoms with van der Waals surface area (Å²) in [7, 11) is 1.78. The number of likely N-dealkylation sites (N-methyl/N-ethyl adjacent to an activating group) is 1. The van der Waals surface area contributed by atoms with Crippen LogP contribution < -0.4 is 0 Å². The van der Waals surface area contributed by atoms with Crippen molar-refractivity contribution in [3.05, 3.63) is 0 Å². The number of carboxylic acid groups (broad SMARTS) is 1. The van der Waals surface area contributed by atoms with Crippen LogP contribution in [0.5, 0.6) is 0 Å². The number of ether oxygens (including phenoxy) is 1. The molecule has 1 N–H and O–H groups in total. The van der Waals surface area contributed by atoms with E-state index in [1.54, 1.807) is 16.8 Å². The molecule has 0 aromatic rings. The third kappa shape index (κ3) is 5.92. The number of nitrogens with zero attached hydrogens (tertiary/aromatic N) is 2. The highest BCUT2D eigenvalue weighted by Crippen LogP contribution is 2.20. The van der Waals surface area contributed by atoms with Crippen LogP contribution in [0.3, 0.4) is 0 Å². The van der Waals surface area contributed by atoms with Gasteiger partial charge in [0.25, 0.3) is 0 Å². The Hall–Kier alpha value is -1.30. The summed E-state index contributed by atoms with van der Waals surface area (Å²) >= 11 is 0. The van der Waals surface area contributed by atoms with Gasteiger partial charge in [0.2, 0.25) is 0 Å². The lowest BCUT2D eigenvalue weighted by Crippen LogP contribution is -2.36. The van der Waals surface area contributed by atoms with Crippen molar-refractivity contribution in [1.82, 2.24) is 9.80 Å². The van der Waals surface area contributed by atoms with E-state index in [1.165, 1.54) is 0 Å². The zero-order valence-electron chi connectivity index (χ0n) is 12.2. The van der Waals surface area contributed by atoms with Crippen molar-refractivity contribution in [3.8, 4) is 0 Å². The minimum absolute atomic E-state index is 0.0307. The molecule has 1 amide bonds. The van der Waals surface area contributed by atoms with E-state index in [0.717, 1.165) is 6.42 Å². The molecule has 0 saturated carbocycles. The maximum absolute atomic E-state index is 11.9. The summed E-state index contributed by atoms with van der Waals surface area (Å²) < 4.78 is 5.32. The normalized spacial score (nSPS) is 19.8. The molecule has 0 aromatic carbocycles. The predicted molar refractivity (Wildman–Crippen MR) is 71.0 cm³/mol. The number of carboxylic acids is 1. The first-order valence-electron chi connectivity index (χ1n) is 6.55. The predicted octanol–water partition coefficient (Wildman–Crippen LogP) is 1.26. The number of hydrogen-bond donors (Lipinski definition) is 1. The molecule has 0 bridgehead atoms. The summed E-state index contributed by atoms with van der Waals surface area (Å²) in [5.41, 5.74) is -0.477. The number of carbonyl (C=O) groups excluding carboxylic acids is 1. The van der Waals surface area contributed by atoms with Crippen LogP contribution in [0.4, 0.5) is 4.79 Å². The van der Waals surface area contributed by atoms with E-state index in [4.69, 9.17) is 9.84 Å². The molecule has 0 aromatic heterocycles. The first kappa shape index (κ1) is 15.8. The van der Waals surface area contributed by atoms with Gasteiger partial charge in [-0.2, -0.15) is 0 Å². The molecule has 6 nitrogen and oxygen atoms in total. The van der Waals surface area contributed by atoms with Gasteiger partial charge in [0, 0.05) is 19.6 Å². The summed E-state index contributed by atoms with van der Waals surface area (Å²) in [5.74, 6) is -0.513. The molecule has 110 valence electrons. The fourth-order valence-corrected chi connectivity index (χ4v) is 2.21. The third-order valence-corrected chi connectivity index (χ3v) is 2.91. The summed E-state index contributed by atoms with van der Waals surface area (Å²) in [6.07, 6.45) is 0.610. The highest BCUT2D eigenvalue weighted by molar-refractivity contribution is 5.69. The monoisotopic (exact) mass is 272 g/mol. The van der Waals surface area contributed by atoms with Crippen molar-refractivity contribution >= 4 is 12.1 Å². The minimum atomic E-state index is -0.829. The van der Waals surface area contributed by atoms with Crippen molar-refractivity contribution in [2.45, 2.75) is 32.8 Å². The van der Waals surface area contributed by atoms with Gasteiger partial charge < -0.3 is 14.7 Å². The van der Waals surface area contributed by atoms with E-state index in [2.05, 4.69) is 0 Å². The highest BCUT2D eigenvalue weighted by Gasteiger charge is 2.30.